The quantitative estimate of drug-likeness (QED) is 0.809. The number of nitrogens with zero attached hydrogens (tertiary/aromatic N) is 1. The molecule has 80 valence electrons. The first kappa shape index (κ1) is 10.2. The molecule has 1 aliphatic rings. The van der Waals surface area contributed by atoms with E-state index in [1.54, 1.807) is 11.8 Å². The van der Waals surface area contributed by atoms with Gasteiger partial charge in [0.2, 0.25) is 5.91 Å². The van der Waals surface area contributed by atoms with Gasteiger partial charge in [0.15, 0.2) is 0 Å². The maximum Gasteiger partial charge on any atom is 0.231 e. The number of rotatable bonds is 3. The summed E-state index contributed by atoms with van der Waals surface area (Å²) in [6, 6.07) is 7.83. The van der Waals surface area contributed by atoms with Crippen LogP contribution < -0.4 is 4.90 Å². The van der Waals surface area contributed by atoms with Crippen molar-refractivity contribution >= 4 is 11.6 Å². The largest absolute Gasteiger partial charge is 0.393 e. The Bertz CT molecular complexity index is 374. The zero-order valence-electron chi connectivity index (χ0n) is 8.81. The number of carbonyl (C=O) groups is 1. The number of aliphatic hydroxyl groups excluding tert-OH is 1. The Morgan fingerprint density at radius 2 is 2.20 bits per heavy atom. The van der Waals surface area contributed by atoms with E-state index in [9.17, 15) is 9.90 Å². The molecule has 0 bridgehead atoms. The summed E-state index contributed by atoms with van der Waals surface area (Å²) >= 11 is 0. The van der Waals surface area contributed by atoms with E-state index in [-0.39, 0.29) is 12.0 Å². The van der Waals surface area contributed by atoms with E-state index < -0.39 is 0 Å². The molecule has 3 nitrogen and oxygen atoms in total. The summed E-state index contributed by atoms with van der Waals surface area (Å²) in [6.45, 7) is 2.35. The molecule has 1 aromatic rings. The number of para-hydroxylation sites is 1. The van der Waals surface area contributed by atoms with Gasteiger partial charge < -0.3 is 10.0 Å². The Balaban J connectivity index is 2.15. The molecule has 2 rings (SSSR count). The van der Waals surface area contributed by atoms with Crippen LogP contribution in [0.2, 0.25) is 0 Å². The molecule has 1 aromatic carbocycles. The molecule has 3 heteroatoms. The lowest BCUT2D eigenvalue weighted by Gasteiger charge is -2.18. The van der Waals surface area contributed by atoms with Gasteiger partial charge in [-0.25, -0.2) is 0 Å². The van der Waals surface area contributed by atoms with Crippen molar-refractivity contribution in [2.45, 2.75) is 25.9 Å². The predicted octanol–water partition coefficient (Wildman–Crippen LogP) is 1.35. The fourth-order valence-corrected chi connectivity index (χ4v) is 1.88. The Morgan fingerprint density at radius 1 is 1.47 bits per heavy atom. The lowest BCUT2D eigenvalue weighted by Crippen LogP contribution is -2.29. The highest BCUT2D eigenvalue weighted by Gasteiger charge is 2.26. The lowest BCUT2D eigenvalue weighted by atomic mass is 10.2. The summed E-state index contributed by atoms with van der Waals surface area (Å²) in [5.41, 5.74) is 2.09. The summed E-state index contributed by atoms with van der Waals surface area (Å²) < 4.78 is 0. The van der Waals surface area contributed by atoms with Gasteiger partial charge in [-0.1, -0.05) is 18.2 Å². The molecule has 1 N–H and O–H groups in total. The fourth-order valence-electron chi connectivity index (χ4n) is 1.88. The molecule has 0 radical (unpaired) electrons. The van der Waals surface area contributed by atoms with Crippen molar-refractivity contribution in [1.29, 1.82) is 0 Å². The van der Waals surface area contributed by atoms with Crippen molar-refractivity contribution < 1.29 is 9.90 Å². The smallest absolute Gasteiger partial charge is 0.231 e. The molecule has 1 unspecified atom stereocenters. The number of fused-ring (bicyclic) bond motifs is 1. The summed E-state index contributed by atoms with van der Waals surface area (Å²) in [5.74, 6) is 0.136. The zero-order chi connectivity index (χ0) is 10.8. The number of aliphatic hydroxyl groups is 1. The molecule has 0 fully saturated rings. The lowest BCUT2D eigenvalue weighted by molar-refractivity contribution is -0.117. The maximum atomic E-state index is 11.7. The zero-order valence-corrected chi connectivity index (χ0v) is 8.81. The Labute approximate surface area is 89.3 Å². The topological polar surface area (TPSA) is 40.5 Å². The van der Waals surface area contributed by atoms with Crippen LogP contribution in [-0.4, -0.2) is 23.7 Å². The van der Waals surface area contributed by atoms with E-state index in [1.165, 1.54) is 0 Å². The van der Waals surface area contributed by atoms with Gasteiger partial charge in [0.25, 0.3) is 0 Å². The predicted molar refractivity (Wildman–Crippen MR) is 58.8 cm³/mol. The number of hydrogen-bond acceptors (Lipinski definition) is 2. The summed E-state index contributed by atoms with van der Waals surface area (Å²) in [4.78, 5) is 13.5. The van der Waals surface area contributed by atoms with E-state index in [1.807, 2.05) is 24.3 Å². The number of amides is 1. The Kier molecular flexibility index (Phi) is 2.73. The molecule has 0 aromatic heterocycles. The molecule has 1 atom stereocenters. The van der Waals surface area contributed by atoms with Crippen molar-refractivity contribution in [2.75, 3.05) is 11.4 Å². The average Bonchev–Trinajstić information content (AvgIpc) is 2.50. The van der Waals surface area contributed by atoms with Crippen molar-refractivity contribution in [3.05, 3.63) is 29.8 Å². The Hall–Kier alpha value is -1.35. The Morgan fingerprint density at radius 3 is 2.93 bits per heavy atom. The minimum Gasteiger partial charge on any atom is -0.393 e. The number of anilines is 1. The minimum atomic E-state index is -0.356. The van der Waals surface area contributed by atoms with Crippen LogP contribution in [0.4, 0.5) is 5.69 Å². The molecule has 0 aliphatic carbocycles. The third-order valence-corrected chi connectivity index (χ3v) is 2.70. The van der Waals surface area contributed by atoms with Crippen LogP contribution in [0.25, 0.3) is 0 Å². The molecule has 1 heterocycles. The maximum absolute atomic E-state index is 11.7. The third kappa shape index (κ3) is 2.02. The summed E-state index contributed by atoms with van der Waals surface area (Å²) in [7, 11) is 0. The van der Waals surface area contributed by atoms with E-state index in [4.69, 9.17) is 0 Å². The van der Waals surface area contributed by atoms with Crippen molar-refractivity contribution in [3.8, 4) is 0 Å². The van der Waals surface area contributed by atoms with Crippen LogP contribution in [0.3, 0.4) is 0 Å². The normalized spacial score (nSPS) is 16.7. The second-order valence-electron chi connectivity index (χ2n) is 3.99. The highest BCUT2D eigenvalue weighted by molar-refractivity contribution is 6.01. The van der Waals surface area contributed by atoms with Crippen molar-refractivity contribution in [2.24, 2.45) is 0 Å². The third-order valence-electron chi connectivity index (χ3n) is 2.70. The SMILES string of the molecule is CC(O)CCN1C(=O)Cc2ccccc21. The van der Waals surface area contributed by atoms with E-state index in [2.05, 4.69) is 0 Å². The van der Waals surface area contributed by atoms with E-state index >= 15 is 0 Å². The van der Waals surface area contributed by atoms with Crippen molar-refractivity contribution in [1.82, 2.24) is 0 Å². The van der Waals surface area contributed by atoms with Crippen LogP contribution in [0.15, 0.2) is 24.3 Å². The number of hydrogen-bond donors (Lipinski definition) is 1. The van der Waals surface area contributed by atoms with Gasteiger partial charge in [-0.05, 0) is 25.0 Å². The van der Waals surface area contributed by atoms with Gasteiger partial charge in [0.1, 0.15) is 0 Å². The van der Waals surface area contributed by atoms with E-state index in [0.717, 1.165) is 11.3 Å². The summed E-state index contributed by atoms with van der Waals surface area (Å²) in [5, 5.41) is 9.21. The van der Waals surface area contributed by atoms with Crippen LogP contribution >= 0.6 is 0 Å². The van der Waals surface area contributed by atoms with Gasteiger partial charge in [-0.15, -0.1) is 0 Å². The van der Waals surface area contributed by atoms with Gasteiger partial charge in [0, 0.05) is 12.2 Å². The average molecular weight is 205 g/mol. The van der Waals surface area contributed by atoms with Crippen LogP contribution in [-0.2, 0) is 11.2 Å². The molecular formula is C12H15NO2. The van der Waals surface area contributed by atoms with Crippen LogP contribution in [0, 0.1) is 0 Å². The standard InChI is InChI=1S/C12H15NO2/c1-9(14)6-7-13-11-5-3-2-4-10(11)8-12(13)15/h2-5,9,14H,6-8H2,1H3. The molecule has 0 saturated heterocycles. The highest BCUT2D eigenvalue weighted by Crippen LogP contribution is 2.28. The molecular weight excluding hydrogens is 190 g/mol. The van der Waals surface area contributed by atoms with Gasteiger partial charge >= 0.3 is 0 Å². The molecule has 0 spiro atoms. The number of benzene rings is 1. The van der Waals surface area contributed by atoms with Crippen LogP contribution in [0.5, 0.6) is 0 Å². The molecule has 1 aliphatic heterocycles. The van der Waals surface area contributed by atoms with Gasteiger partial charge in [-0.2, -0.15) is 0 Å². The molecule has 15 heavy (non-hydrogen) atoms. The monoisotopic (exact) mass is 205 g/mol. The van der Waals surface area contributed by atoms with Crippen molar-refractivity contribution in [3.63, 3.8) is 0 Å². The highest BCUT2D eigenvalue weighted by atomic mass is 16.3. The number of carbonyl (C=O) groups excluding carboxylic acids is 1. The van der Waals surface area contributed by atoms with Gasteiger partial charge in [0.05, 0.1) is 12.5 Å². The second kappa shape index (κ2) is 4.03. The van der Waals surface area contributed by atoms with Gasteiger partial charge in [-0.3, -0.25) is 4.79 Å². The second-order valence-corrected chi connectivity index (χ2v) is 3.99. The first-order valence-electron chi connectivity index (χ1n) is 5.25. The van der Waals surface area contributed by atoms with E-state index in [0.29, 0.717) is 19.4 Å². The summed E-state index contributed by atoms with van der Waals surface area (Å²) in [6.07, 6.45) is 0.765. The fraction of sp³-hybridized carbons (Fsp3) is 0.417. The minimum absolute atomic E-state index is 0.136. The molecule has 0 saturated carbocycles. The first-order valence-corrected chi connectivity index (χ1v) is 5.25. The van der Waals surface area contributed by atoms with Crippen LogP contribution in [0.1, 0.15) is 18.9 Å². The molecule has 1 amide bonds. The first-order chi connectivity index (χ1) is 7.18.